The van der Waals surface area contributed by atoms with E-state index in [1.165, 1.54) is 12.1 Å². The smallest absolute Gasteiger partial charge is 0.335 e. The number of carbonyl (C=O) groups is 1. The van der Waals surface area contributed by atoms with Crippen LogP contribution in [0.5, 0.6) is 5.75 Å². The Balaban J connectivity index is 2.29. The third kappa shape index (κ3) is 4.02. The van der Waals surface area contributed by atoms with Crippen molar-refractivity contribution in [2.75, 3.05) is 0 Å². The van der Waals surface area contributed by atoms with E-state index in [0.717, 1.165) is 17.7 Å². The minimum absolute atomic E-state index is 0.0185. The molecule has 0 aliphatic carbocycles. The number of hydrogen-bond donors (Lipinski definition) is 1. The molecule has 1 aromatic heterocycles. The van der Waals surface area contributed by atoms with Gasteiger partial charge in [0, 0.05) is 5.25 Å². The lowest BCUT2D eigenvalue weighted by atomic mass is 10.1. The number of carboxylic acids is 1. The predicted octanol–water partition coefficient (Wildman–Crippen LogP) is 5.71. The Morgan fingerprint density at radius 2 is 1.89 bits per heavy atom. The maximum absolute atomic E-state index is 13.2. The minimum Gasteiger partial charge on any atom is -0.491 e. The molecule has 0 spiro atoms. The summed E-state index contributed by atoms with van der Waals surface area (Å²) in [6.07, 6.45) is 1.84. The summed E-state index contributed by atoms with van der Waals surface area (Å²) in [5, 5.41) is 10.2. The number of ether oxygens (including phenoxy) is 1. The van der Waals surface area contributed by atoms with E-state index in [-0.39, 0.29) is 22.5 Å². The highest BCUT2D eigenvalue weighted by atomic mass is 32.2. The second-order valence-electron chi connectivity index (χ2n) is 6.92. The molecular weight excluding hydrogens is 376 g/mol. The molecule has 0 radical (unpaired) electrons. The van der Waals surface area contributed by atoms with E-state index in [2.05, 4.69) is 13.8 Å². The van der Waals surface area contributed by atoms with Gasteiger partial charge in [-0.1, -0.05) is 20.8 Å². The maximum atomic E-state index is 13.2. The Morgan fingerprint density at radius 1 is 1.14 bits per heavy atom. The molecule has 1 heterocycles. The second-order valence-corrected chi connectivity index (χ2v) is 8.40. The van der Waals surface area contributed by atoms with Crippen LogP contribution >= 0.6 is 11.8 Å². The Labute approximate surface area is 167 Å². The number of thioether (sulfide) groups is 1. The molecule has 0 aliphatic heterocycles. The molecule has 6 heteroatoms. The van der Waals surface area contributed by atoms with Crippen molar-refractivity contribution in [2.45, 2.75) is 56.8 Å². The highest BCUT2D eigenvalue weighted by Gasteiger charge is 2.17. The third-order valence-electron chi connectivity index (χ3n) is 4.77. The average molecular weight is 400 g/mol. The van der Waals surface area contributed by atoms with Crippen LogP contribution in [0.2, 0.25) is 0 Å². The highest BCUT2D eigenvalue weighted by molar-refractivity contribution is 8.00. The number of fused-ring (bicyclic) bond motifs is 2. The van der Waals surface area contributed by atoms with Crippen LogP contribution in [0.4, 0.5) is 0 Å². The van der Waals surface area contributed by atoms with Gasteiger partial charge >= 0.3 is 5.97 Å². The standard InChI is InChI=1S/C22H24O5S/c1-5-12(3)26-15-10-17-20(23)16-9-14(22(24)25)7-8-18(16)27-21(17)19(11-15)28-13(4)6-2/h7-13H,5-6H2,1-4H3,(H,24,25). The fraction of sp³-hybridized carbons (Fsp3) is 0.364. The van der Waals surface area contributed by atoms with Crippen LogP contribution in [0.1, 0.15) is 50.9 Å². The van der Waals surface area contributed by atoms with Gasteiger partial charge in [0.15, 0.2) is 5.58 Å². The molecule has 2 atom stereocenters. The summed E-state index contributed by atoms with van der Waals surface area (Å²) < 4.78 is 12.0. The molecule has 148 valence electrons. The number of carboxylic acid groups (broad SMARTS) is 1. The molecule has 0 bridgehead atoms. The fourth-order valence-electron chi connectivity index (χ4n) is 2.81. The monoisotopic (exact) mass is 400 g/mol. The van der Waals surface area contributed by atoms with Crippen molar-refractivity contribution in [3.63, 3.8) is 0 Å². The first-order valence-electron chi connectivity index (χ1n) is 9.45. The van der Waals surface area contributed by atoms with E-state index in [9.17, 15) is 14.7 Å². The lowest BCUT2D eigenvalue weighted by Crippen LogP contribution is -2.11. The summed E-state index contributed by atoms with van der Waals surface area (Å²) in [4.78, 5) is 25.3. The lowest BCUT2D eigenvalue weighted by Gasteiger charge is -2.16. The van der Waals surface area contributed by atoms with Gasteiger partial charge < -0.3 is 14.3 Å². The molecular formula is C22H24O5S. The van der Waals surface area contributed by atoms with Crippen LogP contribution < -0.4 is 10.2 Å². The predicted molar refractivity (Wildman–Crippen MR) is 113 cm³/mol. The van der Waals surface area contributed by atoms with E-state index in [4.69, 9.17) is 9.15 Å². The first kappa shape index (κ1) is 20.3. The summed E-state index contributed by atoms with van der Waals surface area (Å²) in [6.45, 7) is 8.25. The number of hydrogen-bond acceptors (Lipinski definition) is 5. The second kappa shape index (κ2) is 8.27. The third-order valence-corrected chi connectivity index (χ3v) is 6.06. The first-order valence-corrected chi connectivity index (χ1v) is 10.3. The quantitative estimate of drug-likeness (QED) is 0.404. The topological polar surface area (TPSA) is 76.7 Å². The van der Waals surface area contributed by atoms with Crippen molar-refractivity contribution in [1.82, 2.24) is 0 Å². The van der Waals surface area contributed by atoms with Crippen LogP contribution in [0.3, 0.4) is 0 Å². The van der Waals surface area contributed by atoms with Gasteiger partial charge in [-0.2, -0.15) is 0 Å². The normalized spacial score (nSPS) is 13.6. The van der Waals surface area contributed by atoms with Crippen LogP contribution in [-0.4, -0.2) is 22.4 Å². The highest BCUT2D eigenvalue weighted by Crippen LogP contribution is 2.36. The Kier molecular flexibility index (Phi) is 5.98. The summed E-state index contributed by atoms with van der Waals surface area (Å²) in [6, 6.07) is 7.97. The van der Waals surface area contributed by atoms with E-state index in [0.29, 0.717) is 27.6 Å². The van der Waals surface area contributed by atoms with E-state index >= 15 is 0 Å². The molecule has 2 aromatic carbocycles. The van der Waals surface area contributed by atoms with Crippen LogP contribution in [-0.2, 0) is 0 Å². The SMILES string of the molecule is CCC(C)Oc1cc(SC(C)CC)c2oc3ccc(C(=O)O)cc3c(=O)c2c1. The van der Waals surface area contributed by atoms with Gasteiger partial charge in [-0.05, 0) is 50.1 Å². The fourth-order valence-corrected chi connectivity index (χ4v) is 3.85. The van der Waals surface area contributed by atoms with Crippen LogP contribution in [0.15, 0.2) is 44.4 Å². The van der Waals surface area contributed by atoms with Gasteiger partial charge in [0.2, 0.25) is 5.43 Å². The molecule has 0 aliphatic rings. The van der Waals surface area contributed by atoms with E-state index < -0.39 is 5.97 Å². The molecule has 1 N–H and O–H groups in total. The maximum Gasteiger partial charge on any atom is 0.335 e. The largest absolute Gasteiger partial charge is 0.491 e. The molecule has 0 saturated heterocycles. The van der Waals surface area contributed by atoms with Crippen molar-refractivity contribution in [1.29, 1.82) is 0 Å². The molecule has 3 rings (SSSR count). The Bertz CT molecular complexity index is 1090. The van der Waals surface area contributed by atoms with Crippen molar-refractivity contribution >= 4 is 39.7 Å². The summed E-state index contributed by atoms with van der Waals surface area (Å²) in [5.74, 6) is -0.461. The summed E-state index contributed by atoms with van der Waals surface area (Å²) >= 11 is 1.64. The molecule has 5 nitrogen and oxygen atoms in total. The van der Waals surface area contributed by atoms with Crippen molar-refractivity contribution in [3.05, 3.63) is 46.1 Å². The molecule has 28 heavy (non-hydrogen) atoms. The van der Waals surface area contributed by atoms with Crippen LogP contribution in [0, 0.1) is 0 Å². The summed E-state index contributed by atoms with van der Waals surface area (Å²) in [7, 11) is 0. The average Bonchev–Trinajstić information content (AvgIpc) is 2.68. The molecule has 0 fully saturated rings. The van der Waals surface area contributed by atoms with Gasteiger partial charge in [-0.25, -0.2) is 4.79 Å². The zero-order valence-corrected chi connectivity index (χ0v) is 17.3. The van der Waals surface area contributed by atoms with Gasteiger partial charge in [0.25, 0.3) is 0 Å². The van der Waals surface area contributed by atoms with Crippen molar-refractivity contribution in [3.8, 4) is 5.75 Å². The van der Waals surface area contributed by atoms with Crippen LogP contribution in [0.25, 0.3) is 21.9 Å². The molecule has 3 aromatic rings. The molecule has 0 amide bonds. The zero-order chi connectivity index (χ0) is 20.4. The minimum atomic E-state index is -1.08. The number of aromatic carboxylic acids is 1. The number of benzene rings is 2. The van der Waals surface area contributed by atoms with Gasteiger partial charge in [0.1, 0.15) is 11.3 Å². The Hall–Kier alpha value is -2.47. The van der Waals surface area contributed by atoms with Gasteiger partial charge in [-0.15, -0.1) is 11.8 Å². The molecule has 2 unspecified atom stereocenters. The zero-order valence-electron chi connectivity index (χ0n) is 16.4. The van der Waals surface area contributed by atoms with Crippen molar-refractivity contribution < 1.29 is 19.1 Å². The molecule has 0 saturated carbocycles. The summed E-state index contributed by atoms with van der Waals surface area (Å²) in [5.41, 5.74) is 0.701. The number of rotatable bonds is 7. The van der Waals surface area contributed by atoms with E-state index in [1.54, 1.807) is 23.9 Å². The van der Waals surface area contributed by atoms with Crippen molar-refractivity contribution in [2.24, 2.45) is 0 Å². The van der Waals surface area contributed by atoms with Gasteiger partial charge in [-0.3, -0.25) is 4.79 Å². The Morgan fingerprint density at radius 3 is 2.54 bits per heavy atom. The van der Waals surface area contributed by atoms with Gasteiger partial charge in [0.05, 0.1) is 27.3 Å². The first-order chi connectivity index (χ1) is 13.3. The van der Waals surface area contributed by atoms with E-state index in [1.807, 2.05) is 19.9 Å². The lowest BCUT2D eigenvalue weighted by molar-refractivity contribution is 0.0697.